The van der Waals surface area contributed by atoms with Gasteiger partial charge in [0, 0.05) is 11.2 Å². The molecule has 13 nitrogen and oxygen atoms in total. The third kappa shape index (κ3) is 8.92. The maximum atomic E-state index is 15.2. The van der Waals surface area contributed by atoms with Gasteiger partial charge in [-0.15, -0.1) is 0 Å². The Kier molecular flexibility index (Phi) is 11.7. The van der Waals surface area contributed by atoms with Crippen LogP contribution in [0.3, 0.4) is 0 Å². The molecule has 0 unspecified atom stereocenters. The Hall–Kier alpha value is -1.65. The number of nitrogens with one attached hydrogen (secondary N) is 2. The first-order chi connectivity index (χ1) is 18.3. The Morgan fingerprint density at radius 1 is 1.32 bits per heavy atom. The van der Waals surface area contributed by atoms with Gasteiger partial charge in [0.2, 0.25) is 5.82 Å². The highest BCUT2D eigenvalue weighted by Crippen LogP contribution is 2.48. The summed E-state index contributed by atoms with van der Waals surface area (Å²) in [5.74, 6) is -2.17. The van der Waals surface area contributed by atoms with Crippen LogP contribution in [0.4, 0.5) is 8.78 Å². The molecule has 1 fully saturated rings. The molecule has 0 amide bonds. The molecule has 1 saturated heterocycles. The molecule has 0 aliphatic carbocycles. The summed E-state index contributed by atoms with van der Waals surface area (Å²) in [7, 11) is -4.42. The number of nitrogens with zero attached hydrogens (tertiary/aromatic N) is 1. The number of aliphatic hydroxyl groups is 1. The van der Waals surface area contributed by atoms with Crippen molar-refractivity contribution >= 4 is 42.2 Å². The third-order valence-electron chi connectivity index (χ3n) is 5.21. The number of alkyl halides is 2. The Labute approximate surface area is 237 Å². The van der Waals surface area contributed by atoms with Crippen molar-refractivity contribution in [2.24, 2.45) is 5.41 Å². The molecular formula is C22H33ClF2N3O10PS. The fourth-order valence-corrected chi connectivity index (χ4v) is 5.84. The smallest absolute Gasteiger partial charge is 0.406 e. The van der Waals surface area contributed by atoms with E-state index in [4.69, 9.17) is 30.1 Å². The van der Waals surface area contributed by atoms with E-state index in [1.165, 1.54) is 6.92 Å². The molecular weight excluding hydrogens is 603 g/mol. The summed E-state index contributed by atoms with van der Waals surface area (Å²) in [5, 5.41) is 9.43. The maximum Gasteiger partial charge on any atom is 0.406 e. The predicted octanol–water partition coefficient (Wildman–Crippen LogP) is 2.22. The van der Waals surface area contributed by atoms with Crippen LogP contribution in [-0.2, 0) is 32.7 Å². The molecule has 2 rings (SSSR count). The number of ether oxygens (including phenoxy) is 2. The molecule has 3 N–H and O–H groups in total. The summed E-state index contributed by atoms with van der Waals surface area (Å²) in [6.07, 6.45) is -6.13. The van der Waals surface area contributed by atoms with Crippen LogP contribution in [0.5, 0.6) is 0 Å². The minimum Gasteiger partial charge on any atom is -0.462 e. The second-order valence-electron chi connectivity index (χ2n) is 10.1. The second-order valence-corrected chi connectivity index (χ2v) is 13.6. The lowest BCUT2D eigenvalue weighted by Crippen LogP contribution is -2.42. The summed E-state index contributed by atoms with van der Waals surface area (Å²) in [6, 6.07) is -1.21. The van der Waals surface area contributed by atoms with Gasteiger partial charge in [0.05, 0.1) is 25.5 Å². The first-order valence-corrected chi connectivity index (χ1v) is 15.0. The SMILES string of the molecule is CC(C)OC(=O)[C@H](C)N[P@@](=O)(OCCSC(=O)C(C)(C)C)OC[C@H]1O[C@@H](n2cc(F)c(=O)[nH]c2=O)[C@@](F)(Cl)[C@@H]1O. The van der Waals surface area contributed by atoms with Gasteiger partial charge in [-0.1, -0.05) is 44.1 Å². The predicted molar refractivity (Wildman–Crippen MR) is 141 cm³/mol. The van der Waals surface area contributed by atoms with Crippen molar-refractivity contribution < 1.29 is 46.6 Å². The number of carbonyl (C=O) groups excluding carboxylic acids is 2. The van der Waals surface area contributed by atoms with Crippen LogP contribution in [0.1, 0.15) is 47.8 Å². The van der Waals surface area contributed by atoms with Gasteiger partial charge in [-0.3, -0.25) is 33.0 Å². The monoisotopic (exact) mass is 635 g/mol. The summed E-state index contributed by atoms with van der Waals surface area (Å²) >= 11 is 6.71. The highest BCUT2D eigenvalue weighted by Gasteiger charge is 2.58. The zero-order valence-electron chi connectivity index (χ0n) is 22.6. The van der Waals surface area contributed by atoms with Gasteiger partial charge in [0.1, 0.15) is 18.2 Å². The number of carbonyl (C=O) groups is 2. The number of H-pyrrole nitrogens is 1. The van der Waals surface area contributed by atoms with Crippen molar-refractivity contribution in [2.45, 2.75) is 77.3 Å². The Bertz CT molecular complexity index is 1240. The fourth-order valence-electron chi connectivity index (χ4n) is 3.16. The fraction of sp³-hybridized carbons (Fsp3) is 0.727. The number of aromatic nitrogens is 2. The van der Waals surface area contributed by atoms with Gasteiger partial charge in [0.15, 0.2) is 11.3 Å². The van der Waals surface area contributed by atoms with Crippen molar-refractivity contribution in [1.82, 2.24) is 14.6 Å². The highest BCUT2D eigenvalue weighted by molar-refractivity contribution is 8.13. The molecule has 1 aromatic heterocycles. The van der Waals surface area contributed by atoms with E-state index in [0.717, 1.165) is 11.8 Å². The van der Waals surface area contributed by atoms with Crippen LogP contribution in [0.25, 0.3) is 0 Å². The van der Waals surface area contributed by atoms with E-state index in [9.17, 15) is 33.2 Å². The lowest BCUT2D eigenvalue weighted by Gasteiger charge is -2.25. The number of esters is 1. The van der Waals surface area contributed by atoms with E-state index < -0.39 is 78.5 Å². The van der Waals surface area contributed by atoms with Crippen molar-refractivity contribution in [3.8, 4) is 0 Å². The van der Waals surface area contributed by atoms with E-state index in [0.29, 0.717) is 10.8 Å². The van der Waals surface area contributed by atoms with Crippen LogP contribution in [0.2, 0.25) is 0 Å². The number of hydrogen-bond donors (Lipinski definition) is 3. The Balaban J connectivity index is 2.19. The third-order valence-corrected chi connectivity index (χ3v) is 8.58. The van der Waals surface area contributed by atoms with E-state index in [1.54, 1.807) is 39.6 Å². The molecule has 1 aromatic rings. The van der Waals surface area contributed by atoms with E-state index in [1.807, 2.05) is 0 Å². The van der Waals surface area contributed by atoms with Gasteiger partial charge in [0.25, 0.3) is 10.7 Å². The molecule has 1 aliphatic rings. The quantitative estimate of drug-likeness (QED) is 0.132. The molecule has 40 heavy (non-hydrogen) atoms. The van der Waals surface area contributed by atoms with E-state index >= 15 is 4.39 Å². The van der Waals surface area contributed by atoms with Crippen LogP contribution >= 0.6 is 31.1 Å². The molecule has 0 aromatic carbocycles. The van der Waals surface area contributed by atoms with Crippen molar-refractivity contribution in [3.05, 3.63) is 32.9 Å². The van der Waals surface area contributed by atoms with Gasteiger partial charge in [-0.25, -0.2) is 18.8 Å². The maximum absolute atomic E-state index is 15.2. The molecule has 228 valence electrons. The van der Waals surface area contributed by atoms with Crippen LogP contribution in [0.15, 0.2) is 15.8 Å². The molecule has 0 spiro atoms. The number of halogens is 3. The largest absolute Gasteiger partial charge is 0.462 e. The summed E-state index contributed by atoms with van der Waals surface area (Å²) in [5.41, 5.74) is -3.28. The number of aromatic amines is 1. The standard InChI is InChI=1S/C22H33ClF2N3O10PS/c1-11(2)37-17(31)12(3)27-39(34,35-7-8-40-19(32)21(4,5)6)36-10-14-15(29)22(23,25)18(38-14)28-9-13(24)16(30)26-20(28)33/h9,11-12,14-15,18,29H,7-8,10H2,1-6H3,(H,27,34)(H,26,30,33)/t12-,14+,15+,18+,22+,39+/m0/s1. The molecule has 0 saturated carbocycles. The van der Waals surface area contributed by atoms with Gasteiger partial charge in [-0.2, -0.15) is 4.39 Å². The summed E-state index contributed by atoms with van der Waals surface area (Å²) in [6.45, 7) is 8.56. The minimum atomic E-state index is -4.42. The van der Waals surface area contributed by atoms with Crippen LogP contribution in [0, 0.1) is 11.2 Å². The van der Waals surface area contributed by atoms with Crippen molar-refractivity contribution in [2.75, 3.05) is 19.0 Å². The molecule has 0 bridgehead atoms. The van der Waals surface area contributed by atoms with Crippen LogP contribution in [-0.4, -0.2) is 74.2 Å². The number of rotatable bonds is 12. The normalized spacial score (nSPS) is 25.5. The molecule has 2 heterocycles. The topological polar surface area (TPSA) is 175 Å². The molecule has 6 atom stereocenters. The number of hydrogen-bond acceptors (Lipinski definition) is 11. The summed E-state index contributed by atoms with van der Waals surface area (Å²) in [4.78, 5) is 49.4. The van der Waals surface area contributed by atoms with Gasteiger partial charge < -0.3 is 14.6 Å². The first kappa shape index (κ1) is 34.6. The molecule has 0 radical (unpaired) electrons. The lowest BCUT2D eigenvalue weighted by atomic mass is 10.00. The van der Waals surface area contributed by atoms with E-state index in [2.05, 4.69) is 5.09 Å². The average Bonchev–Trinajstić information content (AvgIpc) is 3.05. The first-order valence-electron chi connectivity index (χ1n) is 12.1. The zero-order valence-corrected chi connectivity index (χ0v) is 25.1. The van der Waals surface area contributed by atoms with Gasteiger partial charge in [-0.05, 0) is 20.8 Å². The van der Waals surface area contributed by atoms with Crippen molar-refractivity contribution in [3.63, 3.8) is 0 Å². The lowest BCUT2D eigenvalue weighted by molar-refractivity contribution is -0.149. The number of thioether (sulfide) groups is 1. The van der Waals surface area contributed by atoms with E-state index in [-0.39, 0.29) is 17.5 Å². The molecule has 1 aliphatic heterocycles. The zero-order chi connectivity index (χ0) is 30.6. The minimum absolute atomic E-state index is 0.0660. The highest BCUT2D eigenvalue weighted by atomic mass is 35.5. The number of aliphatic hydroxyl groups excluding tert-OH is 1. The van der Waals surface area contributed by atoms with Crippen molar-refractivity contribution in [1.29, 1.82) is 0 Å². The molecule has 18 heteroatoms. The average molecular weight is 636 g/mol. The Morgan fingerprint density at radius 2 is 1.95 bits per heavy atom. The summed E-state index contributed by atoms with van der Waals surface area (Å²) < 4.78 is 63.8. The van der Waals surface area contributed by atoms with Crippen LogP contribution < -0.4 is 16.3 Å². The van der Waals surface area contributed by atoms with Gasteiger partial charge >= 0.3 is 19.4 Å². The second kappa shape index (κ2) is 13.6. The Morgan fingerprint density at radius 3 is 2.52 bits per heavy atom.